The van der Waals surface area contributed by atoms with Crippen LogP contribution in [0, 0.1) is 5.92 Å². The smallest absolute Gasteiger partial charge is 0.227 e. The summed E-state index contributed by atoms with van der Waals surface area (Å²) in [6, 6.07) is 17.2. The Kier molecular flexibility index (Phi) is 6.47. The Morgan fingerprint density at radius 1 is 1.04 bits per heavy atom. The van der Waals surface area contributed by atoms with Crippen LogP contribution >= 0.6 is 0 Å². The lowest BCUT2D eigenvalue weighted by molar-refractivity contribution is -0.133. The van der Waals surface area contributed by atoms with Gasteiger partial charge in [-0.1, -0.05) is 30.3 Å². The average molecular weight is 366 g/mol. The summed E-state index contributed by atoms with van der Waals surface area (Å²) in [6.45, 7) is 3.82. The normalized spacial score (nSPS) is 14.6. The lowest BCUT2D eigenvalue weighted by Crippen LogP contribution is -2.42. The number of amides is 2. The molecule has 2 aromatic rings. The van der Waals surface area contributed by atoms with Crippen molar-refractivity contribution in [3.05, 3.63) is 60.2 Å². The third kappa shape index (κ3) is 5.33. The topological polar surface area (TPSA) is 58.6 Å². The van der Waals surface area contributed by atoms with Gasteiger partial charge in [0.05, 0.1) is 13.0 Å². The van der Waals surface area contributed by atoms with Gasteiger partial charge in [-0.3, -0.25) is 9.59 Å². The van der Waals surface area contributed by atoms with Crippen LogP contribution in [0.25, 0.3) is 0 Å². The van der Waals surface area contributed by atoms with Gasteiger partial charge in [0.25, 0.3) is 0 Å². The standard InChI is InChI=1S/C22H26N2O3/c1-2-27-20-10-8-19(9-11-20)23-22(26)18-12-14-24(15-13-18)21(25)16-17-6-4-3-5-7-17/h3-11,18H,2,12-16H2,1H3,(H,23,26). The van der Waals surface area contributed by atoms with Crippen LogP contribution in [0.1, 0.15) is 25.3 Å². The molecule has 5 heteroatoms. The van der Waals surface area contributed by atoms with Crippen LogP contribution < -0.4 is 10.1 Å². The van der Waals surface area contributed by atoms with Crippen LogP contribution in [-0.2, 0) is 16.0 Å². The molecule has 0 bridgehead atoms. The molecule has 1 N–H and O–H groups in total. The molecular weight excluding hydrogens is 340 g/mol. The number of benzene rings is 2. The zero-order chi connectivity index (χ0) is 19.1. The lowest BCUT2D eigenvalue weighted by Gasteiger charge is -2.31. The molecule has 1 heterocycles. The predicted molar refractivity (Wildman–Crippen MR) is 106 cm³/mol. The summed E-state index contributed by atoms with van der Waals surface area (Å²) in [5.74, 6) is 0.888. The van der Waals surface area contributed by atoms with E-state index < -0.39 is 0 Å². The van der Waals surface area contributed by atoms with Crippen LogP contribution in [0.2, 0.25) is 0 Å². The number of carbonyl (C=O) groups is 2. The number of anilines is 1. The van der Waals surface area contributed by atoms with Gasteiger partial charge < -0.3 is 15.0 Å². The van der Waals surface area contributed by atoms with Crippen LogP contribution in [0.5, 0.6) is 5.75 Å². The van der Waals surface area contributed by atoms with Crippen LogP contribution in [0.3, 0.4) is 0 Å². The van der Waals surface area contributed by atoms with E-state index in [2.05, 4.69) is 5.32 Å². The van der Waals surface area contributed by atoms with E-state index >= 15 is 0 Å². The third-order valence-corrected chi connectivity index (χ3v) is 4.85. The van der Waals surface area contributed by atoms with Crippen molar-refractivity contribution in [2.45, 2.75) is 26.2 Å². The maximum atomic E-state index is 12.5. The fourth-order valence-electron chi connectivity index (χ4n) is 3.32. The van der Waals surface area contributed by atoms with Crippen LogP contribution in [0.4, 0.5) is 5.69 Å². The van der Waals surface area contributed by atoms with Gasteiger partial charge in [-0.05, 0) is 49.6 Å². The first-order valence-corrected chi connectivity index (χ1v) is 9.51. The van der Waals surface area contributed by atoms with Crippen molar-refractivity contribution < 1.29 is 14.3 Å². The Morgan fingerprint density at radius 3 is 2.33 bits per heavy atom. The molecule has 142 valence electrons. The highest BCUT2D eigenvalue weighted by Crippen LogP contribution is 2.21. The molecule has 2 amide bonds. The number of rotatable bonds is 6. The number of carbonyl (C=O) groups excluding carboxylic acids is 2. The molecule has 0 spiro atoms. The Morgan fingerprint density at radius 2 is 1.70 bits per heavy atom. The Hall–Kier alpha value is -2.82. The van der Waals surface area contributed by atoms with E-state index in [-0.39, 0.29) is 17.7 Å². The minimum absolute atomic E-state index is 0.0225. The zero-order valence-corrected chi connectivity index (χ0v) is 15.7. The Balaban J connectivity index is 1.46. The van der Waals surface area contributed by atoms with Gasteiger partial charge in [-0.2, -0.15) is 0 Å². The summed E-state index contributed by atoms with van der Waals surface area (Å²) in [4.78, 5) is 26.8. The number of hydrogen-bond acceptors (Lipinski definition) is 3. The molecule has 0 aliphatic carbocycles. The number of nitrogens with zero attached hydrogens (tertiary/aromatic N) is 1. The molecule has 0 atom stereocenters. The lowest BCUT2D eigenvalue weighted by atomic mass is 9.95. The quantitative estimate of drug-likeness (QED) is 0.851. The molecule has 0 unspecified atom stereocenters. The summed E-state index contributed by atoms with van der Waals surface area (Å²) in [7, 11) is 0. The Bertz CT molecular complexity index is 751. The highest BCUT2D eigenvalue weighted by atomic mass is 16.5. The van der Waals surface area contributed by atoms with E-state index in [1.165, 1.54) is 0 Å². The minimum Gasteiger partial charge on any atom is -0.494 e. The maximum absolute atomic E-state index is 12.5. The van der Waals surface area contributed by atoms with E-state index in [1.54, 1.807) is 0 Å². The molecular formula is C22H26N2O3. The van der Waals surface area contributed by atoms with E-state index in [0.717, 1.165) is 17.0 Å². The summed E-state index contributed by atoms with van der Waals surface area (Å²) >= 11 is 0. The van der Waals surface area contributed by atoms with Crippen molar-refractivity contribution in [3.63, 3.8) is 0 Å². The average Bonchev–Trinajstić information content (AvgIpc) is 2.70. The molecule has 1 saturated heterocycles. The predicted octanol–water partition coefficient (Wildman–Crippen LogP) is 3.51. The van der Waals surface area contributed by atoms with Gasteiger partial charge in [0.1, 0.15) is 5.75 Å². The highest BCUT2D eigenvalue weighted by molar-refractivity contribution is 5.92. The molecule has 2 aromatic carbocycles. The van der Waals surface area contributed by atoms with Gasteiger partial charge in [-0.15, -0.1) is 0 Å². The molecule has 27 heavy (non-hydrogen) atoms. The van der Waals surface area contributed by atoms with Crippen molar-refractivity contribution in [1.29, 1.82) is 0 Å². The summed E-state index contributed by atoms with van der Waals surface area (Å²) < 4.78 is 5.41. The van der Waals surface area contributed by atoms with Gasteiger partial charge in [0.2, 0.25) is 11.8 Å². The van der Waals surface area contributed by atoms with Gasteiger partial charge in [-0.25, -0.2) is 0 Å². The second-order valence-corrected chi connectivity index (χ2v) is 6.76. The first kappa shape index (κ1) is 19.0. The number of ether oxygens (including phenoxy) is 1. The molecule has 0 saturated carbocycles. The second kappa shape index (κ2) is 9.21. The summed E-state index contributed by atoms with van der Waals surface area (Å²) in [6.07, 6.45) is 1.82. The van der Waals surface area contributed by atoms with Crippen molar-refractivity contribution in [3.8, 4) is 5.75 Å². The minimum atomic E-state index is -0.0580. The number of hydrogen-bond donors (Lipinski definition) is 1. The van der Waals surface area contributed by atoms with Crippen LogP contribution in [-0.4, -0.2) is 36.4 Å². The van der Waals surface area contributed by atoms with Gasteiger partial charge in [0, 0.05) is 24.7 Å². The third-order valence-electron chi connectivity index (χ3n) is 4.85. The van der Waals surface area contributed by atoms with Crippen molar-refractivity contribution in [2.75, 3.05) is 25.0 Å². The van der Waals surface area contributed by atoms with Crippen molar-refractivity contribution in [1.82, 2.24) is 4.90 Å². The molecule has 5 nitrogen and oxygen atoms in total. The van der Waals surface area contributed by atoms with E-state index in [1.807, 2.05) is 66.4 Å². The van der Waals surface area contributed by atoms with Gasteiger partial charge in [0.15, 0.2) is 0 Å². The summed E-state index contributed by atoms with van der Waals surface area (Å²) in [5.41, 5.74) is 1.80. The highest BCUT2D eigenvalue weighted by Gasteiger charge is 2.27. The fraction of sp³-hybridized carbons (Fsp3) is 0.364. The van der Waals surface area contributed by atoms with E-state index in [0.29, 0.717) is 39.0 Å². The SMILES string of the molecule is CCOc1ccc(NC(=O)C2CCN(C(=O)Cc3ccccc3)CC2)cc1. The Labute approximate surface area is 160 Å². The van der Waals surface area contributed by atoms with Crippen molar-refractivity contribution >= 4 is 17.5 Å². The molecule has 3 rings (SSSR count). The molecule has 1 aliphatic heterocycles. The molecule has 0 radical (unpaired) electrons. The van der Waals surface area contributed by atoms with E-state index in [9.17, 15) is 9.59 Å². The largest absolute Gasteiger partial charge is 0.494 e. The number of nitrogens with one attached hydrogen (secondary N) is 1. The number of piperidine rings is 1. The maximum Gasteiger partial charge on any atom is 0.227 e. The van der Waals surface area contributed by atoms with Crippen molar-refractivity contribution in [2.24, 2.45) is 5.92 Å². The molecule has 1 fully saturated rings. The second-order valence-electron chi connectivity index (χ2n) is 6.76. The first-order valence-electron chi connectivity index (χ1n) is 9.51. The molecule has 1 aliphatic rings. The fourth-order valence-corrected chi connectivity index (χ4v) is 3.32. The van der Waals surface area contributed by atoms with E-state index in [4.69, 9.17) is 4.74 Å². The van der Waals surface area contributed by atoms with Gasteiger partial charge >= 0.3 is 0 Å². The zero-order valence-electron chi connectivity index (χ0n) is 15.7. The first-order chi connectivity index (χ1) is 13.2. The summed E-state index contributed by atoms with van der Waals surface area (Å²) in [5, 5.41) is 2.97. The number of likely N-dealkylation sites (tertiary alicyclic amines) is 1. The molecule has 0 aromatic heterocycles. The van der Waals surface area contributed by atoms with Crippen LogP contribution in [0.15, 0.2) is 54.6 Å². The monoisotopic (exact) mass is 366 g/mol.